The van der Waals surface area contributed by atoms with Crippen LogP contribution in [-0.2, 0) is 0 Å². The molecule has 6 nitrogen and oxygen atoms in total. The van der Waals surface area contributed by atoms with E-state index in [1.54, 1.807) is 16.8 Å². The molecule has 0 aliphatic carbocycles. The zero-order chi connectivity index (χ0) is 14.2. The van der Waals surface area contributed by atoms with Crippen LogP contribution in [0.25, 0.3) is 5.82 Å². The van der Waals surface area contributed by atoms with Crippen molar-refractivity contribution in [3.63, 3.8) is 0 Å². The van der Waals surface area contributed by atoms with E-state index in [0.717, 1.165) is 21.6 Å². The first kappa shape index (κ1) is 13.5. The van der Waals surface area contributed by atoms with E-state index in [2.05, 4.69) is 31.2 Å². The zero-order valence-electron chi connectivity index (χ0n) is 10.8. The summed E-state index contributed by atoms with van der Waals surface area (Å²) in [6, 6.07) is 3.56. The summed E-state index contributed by atoms with van der Waals surface area (Å²) >= 11 is 3.47. The lowest BCUT2D eigenvalue weighted by Gasteiger charge is -2.10. The van der Waals surface area contributed by atoms with Crippen LogP contribution in [0.3, 0.4) is 0 Å². The van der Waals surface area contributed by atoms with E-state index in [-0.39, 0.29) is 5.84 Å². The molecule has 2 aromatic heterocycles. The molecule has 0 aliphatic rings. The Labute approximate surface area is 119 Å². The zero-order valence-corrected chi connectivity index (χ0v) is 12.4. The van der Waals surface area contributed by atoms with E-state index in [4.69, 9.17) is 10.9 Å². The second kappa shape index (κ2) is 5.00. The number of nitrogens with two attached hydrogens (primary N) is 1. The first-order valence-electron chi connectivity index (χ1n) is 5.63. The molecule has 7 heteroatoms. The highest BCUT2D eigenvalue weighted by atomic mass is 79.9. The maximum Gasteiger partial charge on any atom is 0.173 e. The van der Waals surface area contributed by atoms with Crippen molar-refractivity contribution < 1.29 is 5.21 Å². The molecule has 19 heavy (non-hydrogen) atoms. The first-order chi connectivity index (χ1) is 8.95. The maximum absolute atomic E-state index is 8.85. The van der Waals surface area contributed by atoms with Crippen molar-refractivity contribution in [1.82, 2.24) is 14.8 Å². The van der Waals surface area contributed by atoms with Crippen molar-refractivity contribution >= 4 is 21.8 Å². The smallest absolute Gasteiger partial charge is 0.173 e. The topological polar surface area (TPSA) is 89.3 Å². The number of halogens is 1. The molecule has 0 fully saturated rings. The van der Waals surface area contributed by atoms with Gasteiger partial charge in [-0.2, -0.15) is 5.10 Å². The summed E-state index contributed by atoms with van der Waals surface area (Å²) in [6.07, 6.45) is 0. The molecular formula is C12H14BrN5O. The van der Waals surface area contributed by atoms with Gasteiger partial charge in [0.05, 0.1) is 21.4 Å². The Hall–Kier alpha value is -1.89. The SMILES string of the molecule is Cc1ccc(C(N)=NO)c(-n2nc(C)c(Br)c2C)n1. The van der Waals surface area contributed by atoms with Crippen molar-refractivity contribution in [2.45, 2.75) is 20.8 Å². The van der Waals surface area contributed by atoms with E-state index in [0.29, 0.717) is 11.4 Å². The molecule has 0 unspecified atom stereocenters. The van der Waals surface area contributed by atoms with Gasteiger partial charge in [0.1, 0.15) is 0 Å². The summed E-state index contributed by atoms with van der Waals surface area (Å²) in [5.74, 6) is 0.549. The molecule has 0 atom stereocenters. The predicted octanol–water partition coefficient (Wildman–Crippen LogP) is 2.05. The molecule has 0 aromatic carbocycles. The van der Waals surface area contributed by atoms with Gasteiger partial charge in [0.2, 0.25) is 0 Å². The third-order valence-electron chi connectivity index (χ3n) is 2.80. The molecule has 2 rings (SSSR count). The van der Waals surface area contributed by atoms with Crippen LogP contribution in [0.5, 0.6) is 0 Å². The quantitative estimate of drug-likeness (QED) is 0.383. The normalized spacial score (nSPS) is 11.9. The summed E-state index contributed by atoms with van der Waals surface area (Å²) < 4.78 is 2.60. The lowest BCUT2D eigenvalue weighted by molar-refractivity contribution is 0.318. The number of oxime groups is 1. The predicted molar refractivity (Wildman–Crippen MR) is 75.8 cm³/mol. The van der Waals surface area contributed by atoms with Crippen molar-refractivity contribution in [2.24, 2.45) is 10.9 Å². The van der Waals surface area contributed by atoms with E-state index >= 15 is 0 Å². The first-order valence-corrected chi connectivity index (χ1v) is 6.42. The number of rotatable bonds is 2. The van der Waals surface area contributed by atoms with Gasteiger partial charge in [-0.25, -0.2) is 9.67 Å². The number of aromatic nitrogens is 3. The minimum absolute atomic E-state index is 0.00572. The van der Waals surface area contributed by atoms with Crippen molar-refractivity contribution in [3.05, 3.63) is 39.3 Å². The van der Waals surface area contributed by atoms with E-state index in [9.17, 15) is 0 Å². The van der Waals surface area contributed by atoms with Crippen LogP contribution in [0.4, 0.5) is 0 Å². The monoisotopic (exact) mass is 323 g/mol. The van der Waals surface area contributed by atoms with Crippen molar-refractivity contribution in [1.29, 1.82) is 0 Å². The molecule has 0 bridgehead atoms. The van der Waals surface area contributed by atoms with Crippen LogP contribution in [-0.4, -0.2) is 25.8 Å². The van der Waals surface area contributed by atoms with Crippen LogP contribution in [0, 0.1) is 20.8 Å². The summed E-state index contributed by atoms with van der Waals surface area (Å²) in [5.41, 5.74) is 8.80. The van der Waals surface area contributed by atoms with Gasteiger partial charge < -0.3 is 10.9 Å². The number of hydrogen-bond acceptors (Lipinski definition) is 4. The fourth-order valence-corrected chi connectivity index (χ4v) is 2.04. The van der Waals surface area contributed by atoms with E-state index in [1.165, 1.54) is 0 Å². The highest BCUT2D eigenvalue weighted by Crippen LogP contribution is 2.23. The molecule has 0 saturated carbocycles. The van der Waals surface area contributed by atoms with Gasteiger partial charge in [0.25, 0.3) is 0 Å². The van der Waals surface area contributed by atoms with Gasteiger partial charge >= 0.3 is 0 Å². The number of nitrogens with zero attached hydrogens (tertiary/aromatic N) is 4. The van der Waals surface area contributed by atoms with Crippen LogP contribution >= 0.6 is 15.9 Å². The van der Waals surface area contributed by atoms with Gasteiger partial charge in [-0.05, 0) is 48.8 Å². The van der Waals surface area contributed by atoms with E-state index < -0.39 is 0 Å². The average molecular weight is 324 g/mol. The van der Waals surface area contributed by atoms with Gasteiger partial charge in [0, 0.05) is 5.69 Å². The van der Waals surface area contributed by atoms with Crippen molar-refractivity contribution in [3.8, 4) is 5.82 Å². The van der Waals surface area contributed by atoms with Crippen LogP contribution in [0.15, 0.2) is 21.8 Å². The third kappa shape index (κ3) is 2.33. The Kier molecular flexibility index (Phi) is 3.57. The Morgan fingerprint density at radius 1 is 1.37 bits per heavy atom. The second-order valence-electron chi connectivity index (χ2n) is 4.21. The molecule has 0 saturated heterocycles. The Balaban J connectivity index is 2.73. The lowest BCUT2D eigenvalue weighted by Crippen LogP contribution is -2.18. The molecule has 100 valence electrons. The highest BCUT2D eigenvalue weighted by Gasteiger charge is 2.16. The second-order valence-corrected chi connectivity index (χ2v) is 5.00. The number of pyridine rings is 1. The molecule has 0 amide bonds. The minimum atomic E-state index is 0.00572. The van der Waals surface area contributed by atoms with Crippen LogP contribution < -0.4 is 5.73 Å². The maximum atomic E-state index is 8.85. The van der Waals surface area contributed by atoms with Gasteiger partial charge in [-0.1, -0.05) is 5.16 Å². The molecule has 2 aromatic rings. The third-order valence-corrected chi connectivity index (χ3v) is 3.95. The number of amidine groups is 1. The standard InChI is InChI=1S/C12H14BrN5O/c1-6-4-5-9(11(14)17-19)12(15-6)18-8(3)10(13)7(2)16-18/h4-5,19H,1-3H3,(H2,14,17). The Morgan fingerprint density at radius 3 is 2.58 bits per heavy atom. The Bertz CT molecular complexity index is 662. The summed E-state index contributed by atoms with van der Waals surface area (Å²) in [7, 11) is 0. The van der Waals surface area contributed by atoms with Gasteiger partial charge in [0.15, 0.2) is 11.7 Å². The van der Waals surface area contributed by atoms with Gasteiger partial charge in [-0.3, -0.25) is 0 Å². The molecular weight excluding hydrogens is 310 g/mol. The summed E-state index contributed by atoms with van der Waals surface area (Å²) in [4.78, 5) is 4.44. The molecule has 0 radical (unpaired) electrons. The largest absolute Gasteiger partial charge is 0.409 e. The van der Waals surface area contributed by atoms with Crippen LogP contribution in [0.2, 0.25) is 0 Å². The summed E-state index contributed by atoms with van der Waals surface area (Å²) in [6.45, 7) is 5.69. The molecule has 3 N–H and O–H groups in total. The van der Waals surface area contributed by atoms with E-state index in [1.807, 2.05) is 20.8 Å². The van der Waals surface area contributed by atoms with Crippen molar-refractivity contribution in [2.75, 3.05) is 0 Å². The van der Waals surface area contributed by atoms with Crippen LogP contribution in [0.1, 0.15) is 22.6 Å². The average Bonchev–Trinajstić information content (AvgIpc) is 2.65. The highest BCUT2D eigenvalue weighted by molar-refractivity contribution is 9.10. The molecule has 0 aliphatic heterocycles. The van der Waals surface area contributed by atoms with Gasteiger partial charge in [-0.15, -0.1) is 0 Å². The molecule has 0 spiro atoms. The Morgan fingerprint density at radius 2 is 2.05 bits per heavy atom. The summed E-state index contributed by atoms with van der Waals surface area (Å²) in [5, 5.41) is 16.3. The fraction of sp³-hybridized carbons (Fsp3) is 0.250. The molecule has 2 heterocycles. The number of aryl methyl sites for hydroxylation is 2. The lowest BCUT2D eigenvalue weighted by atomic mass is 10.2. The number of hydrogen-bond donors (Lipinski definition) is 2. The minimum Gasteiger partial charge on any atom is -0.409 e. The fourth-order valence-electron chi connectivity index (χ4n) is 1.79.